The van der Waals surface area contributed by atoms with E-state index in [1.807, 2.05) is 19.1 Å². The van der Waals surface area contributed by atoms with Gasteiger partial charge in [0.1, 0.15) is 5.69 Å². The molecular formula is C11H17N3O. The quantitative estimate of drug-likeness (QED) is 0.794. The molecule has 0 fully saturated rings. The molecule has 0 saturated carbocycles. The van der Waals surface area contributed by atoms with Gasteiger partial charge < -0.3 is 10.6 Å². The molecule has 0 aliphatic heterocycles. The Labute approximate surface area is 90.1 Å². The van der Waals surface area contributed by atoms with Crippen molar-refractivity contribution in [2.75, 3.05) is 20.1 Å². The number of carbonyl (C=O) groups excluding carboxylic acids is 1. The lowest BCUT2D eigenvalue weighted by Crippen LogP contribution is -2.30. The molecule has 4 heteroatoms. The summed E-state index contributed by atoms with van der Waals surface area (Å²) in [5.41, 5.74) is 6.82. The van der Waals surface area contributed by atoms with Gasteiger partial charge in [0.2, 0.25) is 0 Å². The molecule has 0 unspecified atom stereocenters. The van der Waals surface area contributed by atoms with E-state index >= 15 is 0 Å². The summed E-state index contributed by atoms with van der Waals surface area (Å²) in [6.45, 7) is 3.15. The first-order valence-electron chi connectivity index (χ1n) is 5.04. The average molecular weight is 207 g/mol. The number of carbonyl (C=O) groups is 1. The molecule has 1 heterocycles. The number of hydrogen-bond donors (Lipinski definition) is 1. The van der Waals surface area contributed by atoms with E-state index in [9.17, 15) is 4.79 Å². The van der Waals surface area contributed by atoms with Crippen molar-refractivity contribution in [3.8, 4) is 0 Å². The maximum absolute atomic E-state index is 11.9. The first-order valence-corrected chi connectivity index (χ1v) is 5.04. The third kappa shape index (κ3) is 3.02. The Morgan fingerprint density at radius 3 is 2.93 bits per heavy atom. The molecule has 4 nitrogen and oxygen atoms in total. The second-order valence-electron chi connectivity index (χ2n) is 3.54. The fraction of sp³-hybridized carbons (Fsp3) is 0.455. The average Bonchev–Trinajstić information content (AvgIpc) is 2.25. The molecule has 0 aliphatic rings. The van der Waals surface area contributed by atoms with Crippen molar-refractivity contribution in [1.29, 1.82) is 0 Å². The summed E-state index contributed by atoms with van der Waals surface area (Å²) in [5.74, 6) is -0.0402. The minimum Gasteiger partial charge on any atom is -0.340 e. The van der Waals surface area contributed by atoms with E-state index in [1.165, 1.54) is 0 Å². The van der Waals surface area contributed by atoms with Gasteiger partial charge in [-0.1, -0.05) is 6.07 Å². The SMILES string of the molecule is Cc1cccnc1C(=O)N(C)CCCN. The van der Waals surface area contributed by atoms with Crippen molar-refractivity contribution in [1.82, 2.24) is 9.88 Å². The number of rotatable bonds is 4. The molecule has 82 valence electrons. The van der Waals surface area contributed by atoms with Gasteiger partial charge in [0.05, 0.1) is 0 Å². The monoisotopic (exact) mass is 207 g/mol. The van der Waals surface area contributed by atoms with Gasteiger partial charge in [-0.25, -0.2) is 0 Å². The zero-order valence-electron chi connectivity index (χ0n) is 9.23. The molecular weight excluding hydrogens is 190 g/mol. The number of hydrogen-bond acceptors (Lipinski definition) is 3. The van der Waals surface area contributed by atoms with Gasteiger partial charge in [-0.15, -0.1) is 0 Å². The molecule has 0 aliphatic carbocycles. The Morgan fingerprint density at radius 2 is 2.33 bits per heavy atom. The lowest BCUT2D eigenvalue weighted by Gasteiger charge is -2.16. The van der Waals surface area contributed by atoms with E-state index in [0.29, 0.717) is 18.8 Å². The fourth-order valence-electron chi connectivity index (χ4n) is 1.32. The predicted octanol–water partition coefficient (Wildman–Crippen LogP) is 0.811. The molecule has 2 N–H and O–H groups in total. The summed E-state index contributed by atoms with van der Waals surface area (Å²) in [6.07, 6.45) is 2.45. The van der Waals surface area contributed by atoms with Crippen molar-refractivity contribution < 1.29 is 4.79 Å². The number of nitrogens with two attached hydrogens (primary N) is 1. The maximum Gasteiger partial charge on any atom is 0.272 e. The van der Waals surface area contributed by atoms with Gasteiger partial charge >= 0.3 is 0 Å². The van der Waals surface area contributed by atoms with Gasteiger partial charge in [0, 0.05) is 19.8 Å². The van der Waals surface area contributed by atoms with Crippen LogP contribution in [0.25, 0.3) is 0 Å². The number of aryl methyl sites for hydroxylation is 1. The smallest absolute Gasteiger partial charge is 0.272 e. The highest BCUT2D eigenvalue weighted by molar-refractivity contribution is 5.93. The molecule has 0 saturated heterocycles. The van der Waals surface area contributed by atoms with Gasteiger partial charge in [0.25, 0.3) is 5.91 Å². The number of nitrogens with zero attached hydrogens (tertiary/aromatic N) is 2. The van der Waals surface area contributed by atoms with E-state index in [-0.39, 0.29) is 5.91 Å². The summed E-state index contributed by atoms with van der Waals surface area (Å²) in [7, 11) is 1.77. The van der Waals surface area contributed by atoms with Crippen molar-refractivity contribution >= 4 is 5.91 Å². The van der Waals surface area contributed by atoms with Crippen LogP contribution in [-0.2, 0) is 0 Å². The summed E-state index contributed by atoms with van der Waals surface area (Å²) in [4.78, 5) is 17.6. The highest BCUT2D eigenvalue weighted by Gasteiger charge is 2.14. The molecule has 0 spiro atoms. The summed E-state index contributed by atoms with van der Waals surface area (Å²) < 4.78 is 0. The van der Waals surface area contributed by atoms with Crippen LogP contribution in [0.15, 0.2) is 18.3 Å². The maximum atomic E-state index is 11.9. The van der Waals surface area contributed by atoms with Crippen LogP contribution >= 0.6 is 0 Å². The van der Waals surface area contributed by atoms with Crippen LogP contribution in [0.3, 0.4) is 0 Å². The van der Waals surface area contributed by atoms with E-state index in [2.05, 4.69) is 4.98 Å². The van der Waals surface area contributed by atoms with Gasteiger partial charge in [-0.2, -0.15) is 0 Å². The second-order valence-corrected chi connectivity index (χ2v) is 3.54. The Kier molecular flexibility index (Phi) is 4.24. The Balaban J connectivity index is 2.72. The van der Waals surface area contributed by atoms with Crippen LogP contribution in [-0.4, -0.2) is 35.9 Å². The molecule has 0 aromatic carbocycles. The zero-order valence-corrected chi connectivity index (χ0v) is 9.23. The van der Waals surface area contributed by atoms with Crippen molar-refractivity contribution in [3.63, 3.8) is 0 Å². The predicted molar refractivity (Wildman–Crippen MR) is 59.6 cm³/mol. The molecule has 0 radical (unpaired) electrons. The lowest BCUT2D eigenvalue weighted by molar-refractivity contribution is 0.0788. The van der Waals surface area contributed by atoms with E-state index in [1.54, 1.807) is 18.1 Å². The fourth-order valence-corrected chi connectivity index (χ4v) is 1.32. The lowest BCUT2D eigenvalue weighted by atomic mass is 10.2. The van der Waals surface area contributed by atoms with Crippen molar-refractivity contribution in [2.45, 2.75) is 13.3 Å². The molecule has 1 amide bonds. The van der Waals surface area contributed by atoms with E-state index in [0.717, 1.165) is 12.0 Å². The van der Waals surface area contributed by atoms with E-state index < -0.39 is 0 Å². The third-order valence-electron chi connectivity index (χ3n) is 2.26. The number of pyridine rings is 1. The summed E-state index contributed by atoms with van der Waals surface area (Å²) in [5, 5.41) is 0. The topological polar surface area (TPSA) is 59.2 Å². The molecule has 1 aromatic rings. The standard InChI is InChI=1S/C11H17N3O/c1-9-5-3-7-13-10(9)11(15)14(2)8-4-6-12/h3,5,7H,4,6,8,12H2,1-2H3. The van der Waals surface area contributed by atoms with Gasteiger partial charge in [-0.05, 0) is 31.5 Å². The van der Waals surface area contributed by atoms with Crippen LogP contribution in [0, 0.1) is 6.92 Å². The van der Waals surface area contributed by atoms with Gasteiger partial charge in [0.15, 0.2) is 0 Å². The van der Waals surface area contributed by atoms with Crippen molar-refractivity contribution in [3.05, 3.63) is 29.6 Å². The molecule has 0 bridgehead atoms. The van der Waals surface area contributed by atoms with Crippen molar-refractivity contribution in [2.24, 2.45) is 5.73 Å². The van der Waals surface area contributed by atoms with Crippen LogP contribution in [0.5, 0.6) is 0 Å². The second kappa shape index (κ2) is 5.46. The zero-order chi connectivity index (χ0) is 11.3. The first kappa shape index (κ1) is 11.7. The van der Waals surface area contributed by atoms with E-state index in [4.69, 9.17) is 5.73 Å². The largest absolute Gasteiger partial charge is 0.340 e. The Bertz CT molecular complexity index is 338. The molecule has 1 aromatic heterocycles. The molecule has 15 heavy (non-hydrogen) atoms. The Morgan fingerprint density at radius 1 is 1.60 bits per heavy atom. The van der Waals surface area contributed by atoms with Crippen LogP contribution < -0.4 is 5.73 Å². The summed E-state index contributed by atoms with van der Waals surface area (Å²) in [6, 6.07) is 3.71. The summed E-state index contributed by atoms with van der Waals surface area (Å²) >= 11 is 0. The normalized spacial score (nSPS) is 10.1. The van der Waals surface area contributed by atoms with Crippen LogP contribution in [0.1, 0.15) is 22.5 Å². The van der Waals surface area contributed by atoms with Gasteiger partial charge in [-0.3, -0.25) is 9.78 Å². The van der Waals surface area contributed by atoms with Crippen LogP contribution in [0.2, 0.25) is 0 Å². The highest BCUT2D eigenvalue weighted by atomic mass is 16.2. The highest BCUT2D eigenvalue weighted by Crippen LogP contribution is 2.06. The molecule has 1 rings (SSSR count). The minimum absolute atomic E-state index is 0.0402. The first-order chi connectivity index (χ1) is 7.16. The minimum atomic E-state index is -0.0402. The van der Waals surface area contributed by atoms with Crippen LogP contribution in [0.4, 0.5) is 0 Å². The number of amides is 1. The Hall–Kier alpha value is -1.42. The third-order valence-corrected chi connectivity index (χ3v) is 2.26. The molecule has 0 atom stereocenters. The number of aromatic nitrogens is 1.